The van der Waals surface area contributed by atoms with Crippen molar-refractivity contribution in [1.29, 1.82) is 0 Å². The number of hydrogen-bond donors (Lipinski definition) is 2. The molecular formula is C27H34N4O5. The monoisotopic (exact) mass is 494 g/mol. The summed E-state index contributed by atoms with van der Waals surface area (Å²) >= 11 is 0. The molecule has 0 saturated heterocycles. The highest BCUT2D eigenvalue weighted by Crippen LogP contribution is 2.17. The second kappa shape index (κ2) is 12.7. The summed E-state index contributed by atoms with van der Waals surface area (Å²) in [4.78, 5) is 51.3. The molecule has 192 valence electrons. The van der Waals surface area contributed by atoms with Crippen molar-refractivity contribution < 1.29 is 19.3 Å². The number of nitrogens with zero attached hydrogens (tertiary/aromatic N) is 2. The number of benzene rings is 2. The second-order valence-electron chi connectivity index (χ2n) is 9.56. The van der Waals surface area contributed by atoms with Gasteiger partial charge in [0.15, 0.2) is 0 Å². The first-order chi connectivity index (χ1) is 16.9. The third-order valence-electron chi connectivity index (χ3n) is 5.37. The van der Waals surface area contributed by atoms with E-state index in [0.29, 0.717) is 12.0 Å². The van der Waals surface area contributed by atoms with E-state index in [-0.39, 0.29) is 18.5 Å². The summed E-state index contributed by atoms with van der Waals surface area (Å²) in [6.07, 6.45) is 3.46. The summed E-state index contributed by atoms with van der Waals surface area (Å²) in [5.41, 5.74) is 7.12. The number of nitrogens with two attached hydrogens (primary N) is 1. The molecule has 36 heavy (non-hydrogen) atoms. The molecule has 0 spiro atoms. The van der Waals surface area contributed by atoms with Crippen LogP contribution in [0.15, 0.2) is 66.7 Å². The van der Waals surface area contributed by atoms with Crippen molar-refractivity contribution in [2.75, 3.05) is 0 Å². The van der Waals surface area contributed by atoms with Crippen LogP contribution < -0.4 is 11.1 Å². The van der Waals surface area contributed by atoms with E-state index in [0.717, 1.165) is 10.5 Å². The lowest BCUT2D eigenvalue weighted by Crippen LogP contribution is -2.58. The summed E-state index contributed by atoms with van der Waals surface area (Å²) in [7, 11) is 0. The number of nitro benzene ring substituents is 1. The van der Waals surface area contributed by atoms with Gasteiger partial charge in [0.05, 0.1) is 11.0 Å². The van der Waals surface area contributed by atoms with Crippen LogP contribution in [0.5, 0.6) is 0 Å². The molecule has 0 fully saturated rings. The highest BCUT2D eigenvalue weighted by molar-refractivity contribution is 6.06. The first-order valence-electron chi connectivity index (χ1n) is 11.8. The number of amides is 3. The predicted octanol–water partition coefficient (Wildman–Crippen LogP) is 3.31. The lowest BCUT2D eigenvalue weighted by atomic mass is 9.99. The van der Waals surface area contributed by atoms with Crippen LogP contribution in [-0.2, 0) is 27.2 Å². The Balaban J connectivity index is 2.36. The number of aryl methyl sites for hydroxylation is 1. The molecule has 0 heterocycles. The van der Waals surface area contributed by atoms with Crippen molar-refractivity contribution in [2.45, 2.75) is 64.6 Å². The van der Waals surface area contributed by atoms with Gasteiger partial charge >= 0.3 is 0 Å². The molecule has 0 aromatic heterocycles. The molecule has 0 bridgehead atoms. The molecule has 0 aliphatic rings. The first kappa shape index (κ1) is 28.4. The average Bonchev–Trinajstić information content (AvgIpc) is 2.81. The zero-order valence-corrected chi connectivity index (χ0v) is 21.1. The average molecular weight is 495 g/mol. The van der Waals surface area contributed by atoms with Crippen LogP contribution in [0.1, 0.15) is 45.2 Å². The Kier molecular flexibility index (Phi) is 10.0. The van der Waals surface area contributed by atoms with Gasteiger partial charge in [-0.3, -0.25) is 29.4 Å². The number of non-ortho nitro benzene ring substituents is 1. The molecule has 2 rings (SSSR count). The van der Waals surface area contributed by atoms with Crippen LogP contribution in [-0.4, -0.2) is 45.2 Å². The van der Waals surface area contributed by atoms with Gasteiger partial charge in [-0.15, -0.1) is 0 Å². The van der Waals surface area contributed by atoms with Crippen LogP contribution in [0.2, 0.25) is 0 Å². The van der Waals surface area contributed by atoms with Gasteiger partial charge in [-0.2, -0.15) is 0 Å². The van der Waals surface area contributed by atoms with Crippen molar-refractivity contribution in [3.8, 4) is 0 Å². The highest BCUT2D eigenvalue weighted by atomic mass is 16.6. The largest absolute Gasteiger partial charge is 0.350 e. The van der Waals surface area contributed by atoms with Gasteiger partial charge in [0, 0.05) is 17.7 Å². The van der Waals surface area contributed by atoms with Gasteiger partial charge < -0.3 is 11.1 Å². The predicted molar refractivity (Wildman–Crippen MR) is 138 cm³/mol. The Labute approximate surface area is 211 Å². The Morgan fingerprint density at radius 1 is 1.06 bits per heavy atom. The molecule has 1 unspecified atom stereocenters. The first-order valence-corrected chi connectivity index (χ1v) is 11.8. The highest BCUT2D eigenvalue weighted by Gasteiger charge is 2.37. The number of allylic oxidation sites excluding steroid dienone is 1. The topological polar surface area (TPSA) is 136 Å². The minimum atomic E-state index is -1.14. The van der Waals surface area contributed by atoms with Gasteiger partial charge in [0.2, 0.25) is 11.8 Å². The van der Waals surface area contributed by atoms with E-state index in [1.54, 1.807) is 6.92 Å². The summed E-state index contributed by atoms with van der Waals surface area (Å²) in [5, 5.41) is 13.8. The van der Waals surface area contributed by atoms with Crippen molar-refractivity contribution in [2.24, 2.45) is 5.73 Å². The van der Waals surface area contributed by atoms with Crippen molar-refractivity contribution in [3.63, 3.8) is 0 Å². The zero-order chi connectivity index (χ0) is 26.9. The van der Waals surface area contributed by atoms with Crippen molar-refractivity contribution in [1.82, 2.24) is 10.2 Å². The van der Waals surface area contributed by atoms with Gasteiger partial charge in [-0.1, -0.05) is 48.5 Å². The lowest BCUT2D eigenvalue weighted by molar-refractivity contribution is -0.384. The van der Waals surface area contributed by atoms with Gasteiger partial charge in [0.25, 0.3) is 11.6 Å². The summed E-state index contributed by atoms with van der Waals surface area (Å²) in [5.74, 6) is -1.78. The number of carbonyl (C=O) groups is 3. The molecule has 9 heteroatoms. The van der Waals surface area contributed by atoms with E-state index in [4.69, 9.17) is 5.73 Å². The fourth-order valence-corrected chi connectivity index (χ4v) is 3.69. The van der Waals surface area contributed by atoms with Crippen LogP contribution in [0.3, 0.4) is 0 Å². The Morgan fingerprint density at radius 3 is 2.19 bits per heavy atom. The maximum Gasteiger partial charge on any atom is 0.269 e. The van der Waals surface area contributed by atoms with Crippen LogP contribution in [0, 0.1) is 10.1 Å². The molecule has 3 N–H and O–H groups in total. The molecule has 0 aliphatic carbocycles. The fourth-order valence-electron chi connectivity index (χ4n) is 3.69. The van der Waals surface area contributed by atoms with Crippen LogP contribution in [0.25, 0.3) is 0 Å². The van der Waals surface area contributed by atoms with E-state index < -0.39 is 40.3 Å². The van der Waals surface area contributed by atoms with Gasteiger partial charge in [-0.05, 0) is 64.2 Å². The fraction of sp³-hybridized carbons (Fsp3) is 0.370. The second-order valence-corrected chi connectivity index (χ2v) is 9.56. The van der Waals surface area contributed by atoms with Crippen molar-refractivity contribution >= 4 is 23.4 Å². The molecule has 0 aliphatic heterocycles. The number of hydrogen-bond acceptors (Lipinski definition) is 6. The summed E-state index contributed by atoms with van der Waals surface area (Å²) < 4.78 is 0. The lowest BCUT2D eigenvalue weighted by Gasteiger charge is -2.33. The van der Waals surface area contributed by atoms with Crippen LogP contribution in [0.4, 0.5) is 5.69 Å². The third kappa shape index (κ3) is 8.42. The summed E-state index contributed by atoms with van der Waals surface area (Å²) in [6.45, 7) is 7.10. The van der Waals surface area contributed by atoms with Crippen LogP contribution >= 0.6 is 0 Å². The van der Waals surface area contributed by atoms with E-state index in [1.165, 1.54) is 36.4 Å². The molecule has 2 atom stereocenters. The molecule has 0 radical (unpaired) electrons. The minimum Gasteiger partial charge on any atom is -0.350 e. The molecule has 2 aromatic carbocycles. The number of carbonyl (C=O) groups excluding carboxylic acids is 3. The third-order valence-corrected chi connectivity index (χ3v) is 5.37. The number of imide groups is 1. The standard InChI is InChI=1S/C27H34N4O5/c1-5-9-24(32)30(26(34)22(28)18-20-12-15-21(16-13-20)31(35)36)23(25(33)29-27(2,3)4)17-14-19-10-7-6-8-11-19/h5-13,15-16,22-23H,14,17-18,28H2,1-4H3,(H,29,33)/b9-5-/t22-,23?/m0/s1. The number of rotatable bonds is 10. The maximum absolute atomic E-state index is 13.5. The molecule has 0 saturated carbocycles. The molecule has 3 amide bonds. The van der Waals surface area contributed by atoms with Gasteiger partial charge in [-0.25, -0.2) is 0 Å². The molecular weight excluding hydrogens is 460 g/mol. The maximum atomic E-state index is 13.5. The summed E-state index contributed by atoms with van der Waals surface area (Å²) in [6, 6.07) is 13.0. The quantitative estimate of drug-likeness (QED) is 0.295. The molecule has 9 nitrogen and oxygen atoms in total. The smallest absolute Gasteiger partial charge is 0.269 e. The molecule has 2 aromatic rings. The Hall–Kier alpha value is -3.85. The zero-order valence-electron chi connectivity index (χ0n) is 21.1. The Bertz CT molecular complexity index is 1090. The van der Waals surface area contributed by atoms with E-state index in [9.17, 15) is 24.5 Å². The minimum absolute atomic E-state index is 0.0444. The normalized spacial score (nSPS) is 13.1. The number of nitro groups is 1. The SMILES string of the molecule is C/C=C\C(=O)N(C(=O)[C@@H](N)Cc1ccc([N+](=O)[O-])cc1)C(CCc1ccccc1)C(=O)NC(C)(C)C. The van der Waals surface area contributed by atoms with E-state index in [2.05, 4.69) is 5.32 Å². The van der Waals surface area contributed by atoms with Gasteiger partial charge in [0.1, 0.15) is 6.04 Å². The van der Waals surface area contributed by atoms with E-state index >= 15 is 0 Å². The van der Waals surface area contributed by atoms with E-state index in [1.807, 2.05) is 51.1 Å². The van der Waals surface area contributed by atoms with Crippen molar-refractivity contribution in [3.05, 3.63) is 88.0 Å². The number of nitrogens with one attached hydrogen (secondary N) is 1. The Morgan fingerprint density at radius 2 is 1.67 bits per heavy atom.